The van der Waals surface area contributed by atoms with E-state index in [4.69, 9.17) is 4.74 Å². The maximum Gasteiger partial charge on any atom is 0.166 e. The van der Waals surface area contributed by atoms with Gasteiger partial charge in [0, 0.05) is 10.9 Å². The number of halogens is 1. The van der Waals surface area contributed by atoms with Gasteiger partial charge in [-0.25, -0.2) is 0 Å². The molecule has 3 heteroatoms. The lowest BCUT2D eigenvalue weighted by Gasteiger charge is -2.15. The summed E-state index contributed by atoms with van der Waals surface area (Å²) in [7, 11) is 0. The third kappa shape index (κ3) is 4.34. The fourth-order valence-corrected chi connectivity index (χ4v) is 3.30. The van der Waals surface area contributed by atoms with Gasteiger partial charge in [0.1, 0.15) is 5.75 Å². The highest BCUT2D eigenvalue weighted by Crippen LogP contribution is 2.30. The Morgan fingerprint density at radius 3 is 2.60 bits per heavy atom. The van der Waals surface area contributed by atoms with E-state index in [-0.39, 0.29) is 5.78 Å². The van der Waals surface area contributed by atoms with Crippen LogP contribution in [0.1, 0.15) is 62.2 Å². The maximum absolute atomic E-state index is 12.6. The third-order valence-corrected chi connectivity index (χ3v) is 4.48. The summed E-state index contributed by atoms with van der Waals surface area (Å²) in [6.45, 7) is 2.53. The molecule has 0 unspecified atom stereocenters. The lowest BCUT2D eigenvalue weighted by molar-refractivity contribution is 0.0953. The Bertz CT molecular complexity index is 448. The average Bonchev–Trinajstić information content (AvgIpc) is 2.69. The van der Waals surface area contributed by atoms with E-state index in [1.165, 1.54) is 38.5 Å². The standard InChI is InChI=1S/C17H23BrO2/c1-2-20-17-10-9-14(18)12-15(17)16(19)11-13-7-5-3-4-6-8-13/h9-10,12-13H,2-8,11H2,1H3. The van der Waals surface area contributed by atoms with Crippen LogP contribution < -0.4 is 4.74 Å². The second-order valence-corrected chi connectivity index (χ2v) is 6.47. The Hall–Kier alpha value is -0.830. The number of carbonyl (C=O) groups excluding carboxylic acids is 1. The van der Waals surface area contributed by atoms with Gasteiger partial charge >= 0.3 is 0 Å². The van der Waals surface area contributed by atoms with Crippen LogP contribution in [0.15, 0.2) is 22.7 Å². The number of ether oxygens (including phenoxy) is 1. The number of hydrogen-bond acceptors (Lipinski definition) is 2. The molecule has 1 saturated carbocycles. The zero-order valence-corrected chi connectivity index (χ0v) is 13.7. The van der Waals surface area contributed by atoms with Crippen molar-refractivity contribution in [2.45, 2.75) is 51.9 Å². The number of benzene rings is 1. The van der Waals surface area contributed by atoms with Crippen LogP contribution in [0, 0.1) is 5.92 Å². The van der Waals surface area contributed by atoms with Crippen molar-refractivity contribution in [3.05, 3.63) is 28.2 Å². The number of hydrogen-bond donors (Lipinski definition) is 0. The van der Waals surface area contributed by atoms with Crippen LogP contribution in [-0.2, 0) is 0 Å². The molecule has 0 aromatic heterocycles. The summed E-state index contributed by atoms with van der Waals surface area (Å²) in [5.41, 5.74) is 0.727. The molecule has 0 saturated heterocycles. The van der Waals surface area contributed by atoms with Gasteiger partial charge < -0.3 is 4.74 Å². The summed E-state index contributed by atoms with van der Waals surface area (Å²) in [6.07, 6.45) is 8.25. The fourth-order valence-electron chi connectivity index (χ4n) is 2.94. The molecule has 1 fully saturated rings. The van der Waals surface area contributed by atoms with Crippen molar-refractivity contribution in [1.82, 2.24) is 0 Å². The zero-order chi connectivity index (χ0) is 14.4. The monoisotopic (exact) mass is 338 g/mol. The van der Waals surface area contributed by atoms with Crippen LogP contribution >= 0.6 is 15.9 Å². The molecule has 0 amide bonds. The molecule has 0 aliphatic heterocycles. The van der Waals surface area contributed by atoms with Crippen LogP contribution in [0.25, 0.3) is 0 Å². The van der Waals surface area contributed by atoms with E-state index in [9.17, 15) is 4.79 Å². The molecule has 2 rings (SSSR count). The fraction of sp³-hybridized carbons (Fsp3) is 0.588. The van der Waals surface area contributed by atoms with Gasteiger partial charge in [-0.05, 0) is 31.0 Å². The highest BCUT2D eigenvalue weighted by molar-refractivity contribution is 9.10. The molecule has 0 bridgehead atoms. The molecule has 1 aromatic carbocycles. The van der Waals surface area contributed by atoms with Gasteiger partial charge in [-0.15, -0.1) is 0 Å². The molecular formula is C17H23BrO2. The first-order valence-electron chi connectivity index (χ1n) is 7.66. The van der Waals surface area contributed by atoms with Gasteiger partial charge in [0.05, 0.1) is 12.2 Å². The van der Waals surface area contributed by atoms with Crippen LogP contribution in [0.2, 0.25) is 0 Å². The summed E-state index contributed by atoms with van der Waals surface area (Å²) < 4.78 is 6.52. The van der Waals surface area contributed by atoms with Gasteiger partial charge in [-0.2, -0.15) is 0 Å². The molecule has 0 radical (unpaired) electrons. The number of rotatable bonds is 5. The first kappa shape index (κ1) is 15.6. The van der Waals surface area contributed by atoms with Crippen LogP contribution in [0.5, 0.6) is 5.75 Å². The molecule has 0 atom stereocenters. The Morgan fingerprint density at radius 1 is 1.25 bits per heavy atom. The van der Waals surface area contributed by atoms with Gasteiger partial charge in [0.15, 0.2) is 5.78 Å². The molecule has 20 heavy (non-hydrogen) atoms. The molecule has 1 aliphatic rings. The Kier molecular flexibility index (Phi) is 6.08. The van der Waals surface area contributed by atoms with E-state index in [1.807, 2.05) is 25.1 Å². The second-order valence-electron chi connectivity index (χ2n) is 5.56. The minimum absolute atomic E-state index is 0.224. The lowest BCUT2D eigenvalue weighted by Crippen LogP contribution is -2.10. The van der Waals surface area contributed by atoms with E-state index < -0.39 is 0 Å². The van der Waals surface area contributed by atoms with Crippen molar-refractivity contribution in [3.8, 4) is 5.75 Å². The summed E-state index contributed by atoms with van der Waals surface area (Å²) in [5.74, 6) is 1.49. The van der Waals surface area contributed by atoms with Crippen LogP contribution in [0.4, 0.5) is 0 Å². The van der Waals surface area contributed by atoms with Gasteiger partial charge in [0.2, 0.25) is 0 Å². The van der Waals surface area contributed by atoms with Crippen molar-refractivity contribution >= 4 is 21.7 Å². The molecule has 0 N–H and O–H groups in total. The topological polar surface area (TPSA) is 26.3 Å². The summed E-state index contributed by atoms with van der Waals surface area (Å²) >= 11 is 3.45. The average molecular weight is 339 g/mol. The smallest absolute Gasteiger partial charge is 0.166 e. The van der Waals surface area contributed by atoms with E-state index in [1.54, 1.807) is 0 Å². The molecule has 1 aromatic rings. The highest BCUT2D eigenvalue weighted by Gasteiger charge is 2.19. The first-order valence-corrected chi connectivity index (χ1v) is 8.45. The van der Waals surface area contributed by atoms with Crippen molar-refractivity contribution in [2.24, 2.45) is 5.92 Å². The minimum Gasteiger partial charge on any atom is -0.493 e. The van der Waals surface area contributed by atoms with Crippen molar-refractivity contribution in [2.75, 3.05) is 6.61 Å². The van der Waals surface area contributed by atoms with Crippen molar-refractivity contribution in [1.29, 1.82) is 0 Å². The summed E-state index contributed by atoms with van der Waals surface area (Å²) in [4.78, 5) is 12.6. The lowest BCUT2D eigenvalue weighted by atomic mass is 9.92. The Morgan fingerprint density at radius 2 is 1.95 bits per heavy atom. The predicted molar refractivity (Wildman–Crippen MR) is 85.5 cm³/mol. The second kappa shape index (κ2) is 7.82. The largest absolute Gasteiger partial charge is 0.493 e. The van der Waals surface area contributed by atoms with Crippen LogP contribution in [0.3, 0.4) is 0 Å². The third-order valence-electron chi connectivity index (χ3n) is 3.99. The Balaban J connectivity index is 2.09. The maximum atomic E-state index is 12.6. The highest BCUT2D eigenvalue weighted by atomic mass is 79.9. The van der Waals surface area contributed by atoms with Gasteiger partial charge in [-0.3, -0.25) is 4.79 Å². The molecule has 110 valence electrons. The molecule has 2 nitrogen and oxygen atoms in total. The quantitative estimate of drug-likeness (QED) is 0.531. The van der Waals surface area contributed by atoms with Crippen LogP contribution in [-0.4, -0.2) is 12.4 Å². The van der Waals surface area contributed by atoms with Crippen molar-refractivity contribution in [3.63, 3.8) is 0 Å². The molecule has 0 spiro atoms. The molecule has 0 heterocycles. The SMILES string of the molecule is CCOc1ccc(Br)cc1C(=O)CC1CCCCCC1. The van der Waals surface area contributed by atoms with E-state index in [0.29, 0.717) is 24.7 Å². The normalized spacial score (nSPS) is 16.7. The molecular weight excluding hydrogens is 316 g/mol. The van der Waals surface area contributed by atoms with Gasteiger partial charge in [0.25, 0.3) is 0 Å². The zero-order valence-electron chi connectivity index (χ0n) is 12.2. The summed E-state index contributed by atoms with van der Waals surface area (Å²) in [5, 5.41) is 0. The number of carbonyl (C=O) groups is 1. The Labute approximate surface area is 130 Å². The van der Waals surface area contributed by atoms with Crippen molar-refractivity contribution < 1.29 is 9.53 Å². The van der Waals surface area contributed by atoms with E-state index >= 15 is 0 Å². The minimum atomic E-state index is 0.224. The molecule has 1 aliphatic carbocycles. The summed E-state index contributed by atoms with van der Waals surface area (Å²) in [6, 6.07) is 5.70. The predicted octanol–water partition coefficient (Wildman–Crippen LogP) is 5.39. The van der Waals surface area contributed by atoms with Gasteiger partial charge in [-0.1, -0.05) is 54.5 Å². The first-order chi connectivity index (χ1) is 9.70. The van der Waals surface area contributed by atoms with E-state index in [2.05, 4.69) is 15.9 Å². The van der Waals surface area contributed by atoms with E-state index in [0.717, 1.165) is 10.0 Å². The number of ketones is 1. The number of Topliss-reactive ketones (excluding diaryl/α,β-unsaturated/α-hetero) is 1.